The normalized spacial score (nSPS) is 29.3. The molecule has 0 spiro atoms. The van der Waals surface area contributed by atoms with Crippen LogP contribution in [0.15, 0.2) is 0 Å². The maximum atomic E-state index is 13.7. The molecule has 1 heterocycles. The highest BCUT2D eigenvalue weighted by atomic mass is 19.3. The number of alkyl halides is 3. The van der Waals surface area contributed by atoms with Crippen LogP contribution in [0.1, 0.15) is 62.3 Å². The van der Waals surface area contributed by atoms with Crippen molar-refractivity contribution in [2.24, 2.45) is 5.41 Å². The predicted octanol–water partition coefficient (Wildman–Crippen LogP) is 4.03. The summed E-state index contributed by atoms with van der Waals surface area (Å²) < 4.78 is 42.2. The standard InChI is InChI=1S/C15H21F3N2O/c1-9-11(10(2)21)20(19-12(9)15(5,17)18)8-13(3)6-14(4,16)7-13/h6-8H2,1-5H3. The van der Waals surface area contributed by atoms with Crippen LogP contribution >= 0.6 is 0 Å². The van der Waals surface area contributed by atoms with Gasteiger partial charge in [0.2, 0.25) is 0 Å². The van der Waals surface area contributed by atoms with Crippen LogP contribution in [0.4, 0.5) is 13.2 Å². The molecule has 0 atom stereocenters. The van der Waals surface area contributed by atoms with Gasteiger partial charge in [-0.1, -0.05) is 6.92 Å². The Morgan fingerprint density at radius 1 is 1.38 bits per heavy atom. The van der Waals surface area contributed by atoms with Crippen LogP contribution in [0.3, 0.4) is 0 Å². The fraction of sp³-hybridized carbons (Fsp3) is 0.733. The molecule has 0 radical (unpaired) electrons. The predicted molar refractivity (Wildman–Crippen MR) is 73.4 cm³/mol. The van der Waals surface area contributed by atoms with Crippen molar-refractivity contribution in [1.29, 1.82) is 0 Å². The van der Waals surface area contributed by atoms with Crippen molar-refractivity contribution < 1.29 is 18.0 Å². The second kappa shape index (κ2) is 4.58. The van der Waals surface area contributed by atoms with E-state index in [1.54, 1.807) is 0 Å². The Bertz CT molecular complexity index is 576. The number of halogens is 3. The summed E-state index contributed by atoms with van der Waals surface area (Å²) in [5.74, 6) is -3.41. The van der Waals surface area contributed by atoms with E-state index >= 15 is 0 Å². The van der Waals surface area contributed by atoms with Crippen molar-refractivity contribution in [2.75, 3.05) is 0 Å². The van der Waals surface area contributed by atoms with E-state index in [1.807, 2.05) is 6.92 Å². The third-order valence-corrected chi connectivity index (χ3v) is 4.06. The highest BCUT2D eigenvalue weighted by Crippen LogP contribution is 2.51. The molecule has 0 bridgehead atoms. The zero-order valence-corrected chi connectivity index (χ0v) is 13.1. The van der Waals surface area contributed by atoms with Crippen molar-refractivity contribution in [1.82, 2.24) is 9.78 Å². The van der Waals surface area contributed by atoms with Gasteiger partial charge in [-0.2, -0.15) is 13.9 Å². The number of aromatic nitrogens is 2. The summed E-state index contributed by atoms with van der Waals surface area (Å²) >= 11 is 0. The molecule has 0 saturated heterocycles. The second-order valence-corrected chi connectivity index (χ2v) is 7.00. The molecule has 0 N–H and O–H groups in total. The van der Waals surface area contributed by atoms with Crippen LogP contribution in [0.2, 0.25) is 0 Å². The van der Waals surface area contributed by atoms with E-state index in [0.717, 1.165) is 6.92 Å². The van der Waals surface area contributed by atoms with E-state index < -0.39 is 11.6 Å². The van der Waals surface area contributed by atoms with Gasteiger partial charge < -0.3 is 0 Å². The average molecular weight is 302 g/mol. The Kier molecular flexibility index (Phi) is 3.50. The molecule has 118 valence electrons. The van der Waals surface area contributed by atoms with Gasteiger partial charge in [0.1, 0.15) is 17.1 Å². The number of ketones is 1. The van der Waals surface area contributed by atoms with Gasteiger partial charge in [-0.3, -0.25) is 9.48 Å². The Morgan fingerprint density at radius 2 is 1.90 bits per heavy atom. The quantitative estimate of drug-likeness (QED) is 0.787. The van der Waals surface area contributed by atoms with Crippen molar-refractivity contribution in [3.8, 4) is 0 Å². The zero-order valence-electron chi connectivity index (χ0n) is 13.1. The summed E-state index contributed by atoms with van der Waals surface area (Å²) in [7, 11) is 0. The molecule has 1 aromatic rings. The van der Waals surface area contributed by atoms with Crippen molar-refractivity contribution in [3.63, 3.8) is 0 Å². The SMILES string of the molecule is CC(=O)c1c(C)c(C(C)(F)F)nn1CC1(C)CC(C)(F)C1. The molecule has 1 aromatic heterocycles. The smallest absolute Gasteiger partial charge is 0.289 e. The molecule has 1 aliphatic rings. The van der Waals surface area contributed by atoms with E-state index in [2.05, 4.69) is 5.10 Å². The molecule has 0 unspecified atom stereocenters. The molecule has 1 aliphatic carbocycles. The first kappa shape index (κ1) is 16.0. The Balaban J connectivity index is 2.38. The van der Waals surface area contributed by atoms with Gasteiger partial charge in [-0.05, 0) is 32.1 Å². The van der Waals surface area contributed by atoms with Crippen LogP contribution < -0.4 is 0 Å². The molecule has 2 rings (SSSR count). The zero-order chi connectivity index (χ0) is 16.2. The number of rotatable bonds is 4. The van der Waals surface area contributed by atoms with Gasteiger partial charge >= 0.3 is 0 Å². The highest BCUT2D eigenvalue weighted by molar-refractivity contribution is 5.94. The van der Waals surface area contributed by atoms with Crippen LogP contribution in [-0.2, 0) is 12.5 Å². The van der Waals surface area contributed by atoms with Crippen molar-refractivity contribution in [3.05, 3.63) is 17.0 Å². The number of Topliss-reactive ketones (excluding diaryl/α,β-unsaturated/α-hetero) is 1. The molecule has 3 nitrogen and oxygen atoms in total. The summed E-state index contributed by atoms with van der Waals surface area (Å²) in [6.45, 7) is 7.27. The highest BCUT2D eigenvalue weighted by Gasteiger charge is 2.50. The van der Waals surface area contributed by atoms with E-state index in [9.17, 15) is 18.0 Å². The maximum absolute atomic E-state index is 13.7. The van der Waals surface area contributed by atoms with E-state index in [4.69, 9.17) is 0 Å². The van der Waals surface area contributed by atoms with Gasteiger partial charge in [-0.15, -0.1) is 0 Å². The van der Waals surface area contributed by atoms with Gasteiger partial charge in [0.15, 0.2) is 5.78 Å². The molecule has 0 amide bonds. The number of nitrogens with zero attached hydrogens (tertiary/aromatic N) is 2. The summed E-state index contributed by atoms with van der Waals surface area (Å²) in [6, 6.07) is 0. The third-order valence-electron chi connectivity index (χ3n) is 4.06. The lowest BCUT2D eigenvalue weighted by Crippen LogP contribution is -2.47. The number of carbonyl (C=O) groups excluding carboxylic acids is 1. The Labute approximate surface area is 122 Å². The molecule has 6 heteroatoms. The first-order chi connectivity index (χ1) is 9.35. The molecule has 1 saturated carbocycles. The summed E-state index contributed by atoms with van der Waals surface area (Å²) in [4.78, 5) is 11.8. The molecular weight excluding hydrogens is 281 g/mol. The first-order valence-electron chi connectivity index (χ1n) is 7.00. The Hall–Kier alpha value is -1.33. The lowest BCUT2D eigenvalue weighted by molar-refractivity contribution is -0.0550. The maximum Gasteiger partial charge on any atom is 0.289 e. The van der Waals surface area contributed by atoms with Gasteiger partial charge in [0, 0.05) is 26.0 Å². The topological polar surface area (TPSA) is 34.9 Å². The number of hydrogen-bond donors (Lipinski definition) is 0. The van der Waals surface area contributed by atoms with Crippen molar-refractivity contribution >= 4 is 5.78 Å². The van der Waals surface area contributed by atoms with E-state index in [-0.39, 0.29) is 34.7 Å². The van der Waals surface area contributed by atoms with Gasteiger partial charge in [0.05, 0.1) is 0 Å². The molecule has 21 heavy (non-hydrogen) atoms. The molecule has 0 aliphatic heterocycles. The number of hydrogen-bond acceptors (Lipinski definition) is 2. The fourth-order valence-electron chi connectivity index (χ4n) is 3.73. The summed E-state index contributed by atoms with van der Waals surface area (Å²) in [6.07, 6.45) is 0.683. The first-order valence-corrected chi connectivity index (χ1v) is 7.00. The summed E-state index contributed by atoms with van der Waals surface area (Å²) in [5, 5.41) is 3.94. The Morgan fingerprint density at radius 3 is 2.29 bits per heavy atom. The third kappa shape index (κ3) is 2.99. The fourth-order valence-corrected chi connectivity index (χ4v) is 3.73. The van der Waals surface area contributed by atoms with E-state index in [1.165, 1.54) is 25.5 Å². The van der Waals surface area contributed by atoms with Crippen LogP contribution in [-0.4, -0.2) is 21.2 Å². The number of carbonyl (C=O) groups is 1. The molecule has 0 aromatic carbocycles. The molecule has 1 fully saturated rings. The second-order valence-electron chi connectivity index (χ2n) is 7.00. The van der Waals surface area contributed by atoms with Crippen molar-refractivity contribution in [2.45, 2.75) is 65.6 Å². The summed E-state index contributed by atoms with van der Waals surface area (Å²) in [5.41, 5.74) is -1.54. The van der Waals surface area contributed by atoms with Gasteiger partial charge in [0.25, 0.3) is 5.92 Å². The average Bonchev–Trinajstić information content (AvgIpc) is 2.50. The minimum atomic E-state index is -3.10. The lowest BCUT2D eigenvalue weighted by Gasteiger charge is -2.48. The minimum Gasteiger partial charge on any atom is -0.293 e. The van der Waals surface area contributed by atoms with Crippen LogP contribution in [0.5, 0.6) is 0 Å². The largest absolute Gasteiger partial charge is 0.293 e. The van der Waals surface area contributed by atoms with E-state index in [0.29, 0.717) is 12.8 Å². The van der Waals surface area contributed by atoms with Gasteiger partial charge in [-0.25, -0.2) is 4.39 Å². The minimum absolute atomic E-state index is 0.195. The molecular formula is C15H21F3N2O. The lowest BCUT2D eigenvalue weighted by atomic mass is 9.62. The van der Waals surface area contributed by atoms with Crippen LogP contribution in [0, 0.1) is 12.3 Å². The van der Waals surface area contributed by atoms with Crippen LogP contribution in [0.25, 0.3) is 0 Å². The monoisotopic (exact) mass is 302 g/mol.